The number of allylic oxidation sites excluding steroid dienone is 1. The zero-order chi connectivity index (χ0) is 17.5. The SMILES string of the molecule is COc1cc(C=CC(=O)c2cccc(NC(C)=O)c2)ccc1SC. The first-order valence-electron chi connectivity index (χ1n) is 7.35. The van der Waals surface area contributed by atoms with Gasteiger partial charge in [-0.1, -0.05) is 24.3 Å². The highest BCUT2D eigenvalue weighted by atomic mass is 32.2. The van der Waals surface area contributed by atoms with Crippen LogP contribution in [0.5, 0.6) is 5.75 Å². The molecule has 4 nitrogen and oxygen atoms in total. The minimum atomic E-state index is -0.170. The van der Waals surface area contributed by atoms with Gasteiger partial charge >= 0.3 is 0 Å². The van der Waals surface area contributed by atoms with Crippen LogP contribution in [-0.2, 0) is 4.79 Å². The zero-order valence-electron chi connectivity index (χ0n) is 13.8. The van der Waals surface area contributed by atoms with E-state index in [0.29, 0.717) is 11.3 Å². The number of hydrogen-bond acceptors (Lipinski definition) is 4. The van der Waals surface area contributed by atoms with Crippen LogP contribution in [-0.4, -0.2) is 25.1 Å². The van der Waals surface area contributed by atoms with Gasteiger partial charge in [-0.3, -0.25) is 9.59 Å². The van der Waals surface area contributed by atoms with Crippen molar-refractivity contribution in [3.63, 3.8) is 0 Å². The van der Waals surface area contributed by atoms with Gasteiger partial charge in [0.15, 0.2) is 5.78 Å². The van der Waals surface area contributed by atoms with Crippen LogP contribution in [0, 0.1) is 0 Å². The van der Waals surface area contributed by atoms with E-state index in [-0.39, 0.29) is 11.7 Å². The molecule has 0 saturated carbocycles. The third-order valence-electron chi connectivity index (χ3n) is 3.30. The number of carbonyl (C=O) groups is 2. The number of benzene rings is 2. The molecule has 0 aliphatic heterocycles. The van der Waals surface area contributed by atoms with E-state index in [2.05, 4.69) is 5.32 Å². The number of ketones is 1. The maximum absolute atomic E-state index is 12.3. The van der Waals surface area contributed by atoms with Crippen molar-refractivity contribution in [3.8, 4) is 5.75 Å². The van der Waals surface area contributed by atoms with Gasteiger partial charge in [0.1, 0.15) is 5.75 Å². The number of hydrogen-bond donors (Lipinski definition) is 1. The molecule has 0 aromatic heterocycles. The number of thioether (sulfide) groups is 1. The Hall–Kier alpha value is -2.53. The molecule has 0 spiro atoms. The van der Waals surface area contributed by atoms with E-state index < -0.39 is 0 Å². The van der Waals surface area contributed by atoms with E-state index in [1.54, 1.807) is 49.2 Å². The van der Waals surface area contributed by atoms with Gasteiger partial charge in [0.2, 0.25) is 5.91 Å². The first kappa shape index (κ1) is 17.8. The minimum Gasteiger partial charge on any atom is -0.496 e. The Morgan fingerprint density at radius 2 is 1.96 bits per heavy atom. The van der Waals surface area contributed by atoms with Crippen LogP contribution < -0.4 is 10.1 Å². The van der Waals surface area contributed by atoms with Crippen molar-refractivity contribution in [2.45, 2.75) is 11.8 Å². The minimum absolute atomic E-state index is 0.130. The van der Waals surface area contributed by atoms with E-state index >= 15 is 0 Å². The van der Waals surface area contributed by atoms with Crippen LogP contribution in [0.4, 0.5) is 5.69 Å². The van der Waals surface area contributed by atoms with Gasteiger partial charge in [0.25, 0.3) is 0 Å². The van der Waals surface area contributed by atoms with E-state index in [1.807, 2.05) is 24.5 Å². The van der Waals surface area contributed by atoms with Crippen molar-refractivity contribution >= 4 is 35.2 Å². The second kappa shape index (κ2) is 8.36. The standard InChI is InChI=1S/C19H19NO3S/c1-13(21)20-16-6-4-5-15(12-16)17(22)9-7-14-8-10-19(24-3)18(11-14)23-2/h4-12H,1-3H3,(H,20,21). The Balaban J connectivity index is 2.17. The molecule has 2 aromatic carbocycles. The van der Waals surface area contributed by atoms with Crippen LogP contribution in [0.3, 0.4) is 0 Å². The molecule has 2 aromatic rings. The number of carbonyl (C=O) groups excluding carboxylic acids is 2. The highest BCUT2D eigenvalue weighted by Crippen LogP contribution is 2.28. The fourth-order valence-electron chi connectivity index (χ4n) is 2.18. The smallest absolute Gasteiger partial charge is 0.221 e. The molecule has 1 amide bonds. The Bertz CT molecular complexity index is 784. The second-order valence-corrected chi connectivity index (χ2v) is 5.92. The molecule has 0 atom stereocenters. The summed E-state index contributed by atoms with van der Waals surface area (Å²) in [5, 5.41) is 2.67. The summed E-state index contributed by atoms with van der Waals surface area (Å²) in [5.41, 5.74) is 2.01. The molecular weight excluding hydrogens is 322 g/mol. The summed E-state index contributed by atoms with van der Waals surface area (Å²) >= 11 is 1.61. The fraction of sp³-hybridized carbons (Fsp3) is 0.158. The number of amides is 1. The summed E-state index contributed by atoms with van der Waals surface area (Å²) < 4.78 is 5.34. The highest BCUT2D eigenvalue weighted by molar-refractivity contribution is 7.98. The summed E-state index contributed by atoms with van der Waals surface area (Å²) in [5.74, 6) is 0.482. The van der Waals surface area contributed by atoms with Crippen LogP contribution in [0.15, 0.2) is 53.4 Å². The van der Waals surface area contributed by atoms with Crippen molar-refractivity contribution in [1.82, 2.24) is 0 Å². The van der Waals surface area contributed by atoms with Gasteiger partial charge in [-0.15, -0.1) is 11.8 Å². The van der Waals surface area contributed by atoms with Crippen molar-refractivity contribution in [3.05, 3.63) is 59.7 Å². The molecule has 0 saturated heterocycles. The molecule has 124 valence electrons. The molecule has 24 heavy (non-hydrogen) atoms. The molecule has 5 heteroatoms. The number of methoxy groups -OCH3 is 1. The maximum atomic E-state index is 12.3. The first-order chi connectivity index (χ1) is 11.5. The molecule has 0 radical (unpaired) electrons. The van der Waals surface area contributed by atoms with E-state index in [4.69, 9.17) is 4.74 Å². The lowest BCUT2D eigenvalue weighted by atomic mass is 10.1. The average Bonchev–Trinajstić information content (AvgIpc) is 2.59. The quantitative estimate of drug-likeness (QED) is 0.484. The lowest BCUT2D eigenvalue weighted by molar-refractivity contribution is -0.114. The summed E-state index contributed by atoms with van der Waals surface area (Å²) in [4.78, 5) is 24.4. The lowest BCUT2D eigenvalue weighted by Crippen LogP contribution is -2.06. The van der Waals surface area contributed by atoms with Crippen LogP contribution in [0.1, 0.15) is 22.8 Å². The van der Waals surface area contributed by atoms with Gasteiger partial charge in [0.05, 0.1) is 7.11 Å². The zero-order valence-corrected chi connectivity index (χ0v) is 14.6. The Morgan fingerprint density at radius 3 is 2.62 bits per heavy atom. The third-order valence-corrected chi connectivity index (χ3v) is 4.08. The highest BCUT2D eigenvalue weighted by Gasteiger charge is 2.05. The van der Waals surface area contributed by atoms with Crippen LogP contribution in [0.2, 0.25) is 0 Å². The molecule has 0 bridgehead atoms. The average molecular weight is 341 g/mol. The molecule has 1 N–H and O–H groups in total. The first-order valence-corrected chi connectivity index (χ1v) is 8.58. The second-order valence-electron chi connectivity index (χ2n) is 5.07. The summed E-state index contributed by atoms with van der Waals surface area (Å²) in [7, 11) is 1.63. The molecule has 0 heterocycles. The van der Waals surface area contributed by atoms with Gasteiger partial charge in [-0.25, -0.2) is 0 Å². The lowest BCUT2D eigenvalue weighted by Gasteiger charge is -2.06. The van der Waals surface area contributed by atoms with E-state index in [9.17, 15) is 9.59 Å². The Kier molecular flexibility index (Phi) is 6.21. The molecule has 2 rings (SSSR count). The summed E-state index contributed by atoms with van der Waals surface area (Å²) in [6.07, 6.45) is 5.25. The van der Waals surface area contributed by atoms with Gasteiger partial charge in [-0.05, 0) is 42.2 Å². The Labute approximate surface area is 145 Å². The largest absolute Gasteiger partial charge is 0.496 e. The predicted octanol–water partition coefficient (Wildman–Crippen LogP) is 4.27. The number of anilines is 1. The molecular formula is C19H19NO3S. The van der Waals surface area contributed by atoms with Gasteiger partial charge < -0.3 is 10.1 Å². The van der Waals surface area contributed by atoms with Gasteiger partial charge in [0, 0.05) is 23.1 Å². The monoisotopic (exact) mass is 341 g/mol. The molecule has 0 aliphatic carbocycles. The van der Waals surface area contributed by atoms with Crippen molar-refractivity contribution in [2.75, 3.05) is 18.7 Å². The molecule has 0 fully saturated rings. The summed E-state index contributed by atoms with van der Waals surface area (Å²) in [6.45, 7) is 1.43. The maximum Gasteiger partial charge on any atom is 0.221 e. The normalized spacial score (nSPS) is 10.6. The number of rotatable bonds is 6. The van der Waals surface area contributed by atoms with E-state index in [0.717, 1.165) is 16.2 Å². The van der Waals surface area contributed by atoms with Crippen molar-refractivity contribution in [1.29, 1.82) is 0 Å². The number of ether oxygens (including phenoxy) is 1. The fourth-order valence-corrected chi connectivity index (χ4v) is 2.73. The van der Waals surface area contributed by atoms with Crippen LogP contribution in [0.25, 0.3) is 6.08 Å². The Morgan fingerprint density at radius 1 is 1.17 bits per heavy atom. The number of nitrogens with one attached hydrogen (secondary N) is 1. The predicted molar refractivity (Wildman–Crippen MR) is 98.9 cm³/mol. The van der Waals surface area contributed by atoms with Crippen molar-refractivity contribution in [2.24, 2.45) is 0 Å². The third kappa shape index (κ3) is 4.73. The molecule has 0 aliphatic rings. The molecule has 0 unspecified atom stereocenters. The van der Waals surface area contributed by atoms with Crippen LogP contribution >= 0.6 is 11.8 Å². The van der Waals surface area contributed by atoms with Gasteiger partial charge in [-0.2, -0.15) is 0 Å². The topological polar surface area (TPSA) is 55.4 Å². The summed E-state index contributed by atoms with van der Waals surface area (Å²) in [6, 6.07) is 12.7. The van der Waals surface area contributed by atoms with E-state index in [1.165, 1.54) is 13.0 Å². The van der Waals surface area contributed by atoms with Crippen molar-refractivity contribution < 1.29 is 14.3 Å².